The predicted molar refractivity (Wildman–Crippen MR) is 93.8 cm³/mol. The van der Waals surface area contributed by atoms with Gasteiger partial charge in [0.2, 0.25) is 5.91 Å². The third-order valence-electron chi connectivity index (χ3n) is 4.63. The van der Waals surface area contributed by atoms with Gasteiger partial charge in [-0.3, -0.25) is 24.8 Å². The molecule has 8 nitrogen and oxygen atoms in total. The first-order chi connectivity index (χ1) is 11.9. The van der Waals surface area contributed by atoms with E-state index in [0.29, 0.717) is 5.69 Å². The zero-order valence-electron chi connectivity index (χ0n) is 14.5. The van der Waals surface area contributed by atoms with Crippen LogP contribution in [-0.4, -0.2) is 67.9 Å². The van der Waals surface area contributed by atoms with E-state index >= 15 is 0 Å². The molecule has 0 radical (unpaired) electrons. The van der Waals surface area contributed by atoms with Gasteiger partial charge in [-0.15, -0.1) is 0 Å². The molecule has 2 heterocycles. The summed E-state index contributed by atoms with van der Waals surface area (Å²) in [5.41, 5.74) is 4.17. The number of hydrogen-bond acceptors (Lipinski definition) is 5. The van der Waals surface area contributed by atoms with Crippen LogP contribution in [-0.2, 0) is 14.4 Å². The summed E-state index contributed by atoms with van der Waals surface area (Å²) in [6, 6.07) is 7.63. The van der Waals surface area contributed by atoms with Crippen LogP contribution in [0.25, 0.3) is 0 Å². The lowest BCUT2D eigenvalue weighted by atomic mass is 10.0. The molecule has 3 rings (SSSR count). The predicted octanol–water partition coefficient (Wildman–Crippen LogP) is -0.114. The molecular weight excluding hydrogens is 322 g/mol. The second kappa shape index (κ2) is 7.10. The van der Waals surface area contributed by atoms with E-state index in [-0.39, 0.29) is 18.2 Å². The van der Waals surface area contributed by atoms with E-state index in [1.807, 2.05) is 24.3 Å². The van der Waals surface area contributed by atoms with Crippen molar-refractivity contribution < 1.29 is 14.4 Å². The molecule has 2 saturated heterocycles. The van der Waals surface area contributed by atoms with E-state index in [1.54, 1.807) is 0 Å². The van der Waals surface area contributed by atoms with Crippen molar-refractivity contribution in [3.63, 3.8) is 0 Å². The van der Waals surface area contributed by atoms with Crippen LogP contribution in [0, 0.1) is 5.92 Å². The van der Waals surface area contributed by atoms with Gasteiger partial charge in [-0.2, -0.15) is 0 Å². The van der Waals surface area contributed by atoms with E-state index in [9.17, 15) is 14.4 Å². The van der Waals surface area contributed by atoms with Crippen molar-refractivity contribution >= 4 is 29.1 Å². The Morgan fingerprint density at radius 3 is 2.32 bits per heavy atom. The van der Waals surface area contributed by atoms with E-state index in [0.717, 1.165) is 36.9 Å². The number of likely N-dealkylation sites (N-methyl/N-ethyl adjacent to an activating group) is 1. The van der Waals surface area contributed by atoms with Crippen molar-refractivity contribution in [1.29, 1.82) is 0 Å². The number of piperazine rings is 1. The van der Waals surface area contributed by atoms with Gasteiger partial charge in [-0.1, -0.05) is 0 Å². The Balaban J connectivity index is 1.55. The Hall–Kier alpha value is -2.61. The highest BCUT2D eigenvalue weighted by molar-refractivity contribution is 6.08. The fraction of sp³-hybridized carbons (Fsp3) is 0.471. The number of hydrogen-bond donors (Lipinski definition) is 2. The molecule has 8 heteroatoms. The van der Waals surface area contributed by atoms with Gasteiger partial charge in [0.25, 0.3) is 11.8 Å². The largest absolute Gasteiger partial charge is 0.369 e. The third-order valence-corrected chi connectivity index (χ3v) is 4.63. The van der Waals surface area contributed by atoms with E-state index in [1.165, 1.54) is 7.05 Å². The molecule has 1 unspecified atom stereocenters. The minimum atomic E-state index is -0.949. The molecule has 0 bridgehead atoms. The molecule has 0 aromatic heterocycles. The smallest absolute Gasteiger partial charge is 0.253 e. The number of carbonyl (C=O) groups is 3. The van der Waals surface area contributed by atoms with Gasteiger partial charge in [-0.05, 0) is 31.3 Å². The number of rotatable bonds is 4. The first kappa shape index (κ1) is 17.2. The van der Waals surface area contributed by atoms with Crippen LogP contribution in [0.5, 0.6) is 0 Å². The molecule has 2 aliphatic heterocycles. The Labute approximate surface area is 146 Å². The van der Waals surface area contributed by atoms with Crippen LogP contribution in [0.1, 0.15) is 6.42 Å². The molecule has 1 atom stereocenters. The minimum absolute atomic E-state index is 0.158. The maximum atomic E-state index is 12.1. The molecule has 0 saturated carbocycles. The van der Waals surface area contributed by atoms with E-state index in [4.69, 9.17) is 0 Å². The van der Waals surface area contributed by atoms with Gasteiger partial charge in [0.15, 0.2) is 0 Å². The second-order valence-corrected chi connectivity index (χ2v) is 6.52. The van der Waals surface area contributed by atoms with Gasteiger partial charge in [0.1, 0.15) is 5.92 Å². The Kier molecular flexibility index (Phi) is 4.89. The number of carbonyl (C=O) groups excluding carboxylic acids is 3. The Bertz CT molecular complexity index is 667. The third kappa shape index (κ3) is 3.90. The fourth-order valence-corrected chi connectivity index (χ4v) is 3.04. The standard InChI is InChI=1S/C17H23N5O3/c1-20-7-9-22(10-8-20)13-5-3-12(4-6-13)18-15(23)11-14-16(24)19-21(2)17(14)25/h3-6,14H,7-11H2,1-2H3,(H,18,23)(H,19,24). The van der Waals surface area contributed by atoms with Gasteiger partial charge in [-0.25, -0.2) is 0 Å². The summed E-state index contributed by atoms with van der Waals surface area (Å²) >= 11 is 0. The lowest BCUT2D eigenvalue weighted by Crippen LogP contribution is -2.44. The van der Waals surface area contributed by atoms with Crippen molar-refractivity contribution in [2.24, 2.45) is 5.92 Å². The molecule has 25 heavy (non-hydrogen) atoms. The molecule has 0 aliphatic carbocycles. The number of benzene rings is 1. The first-order valence-corrected chi connectivity index (χ1v) is 8.35. The van der Waals surface area contributed by atoms with Crippen LogP contribution >= 0.6 is 0 Å². The number of nitrogens with one attached hydrogen (secondary N) is 2. The Morgan fingerprint density at radius 1 is 1.12 bits per heavy atom. The molecule has 2 N–H and O–H groups in total. The number of anilines is 2. The first-order valence-electron chi connectivity index (χ1n) is 8.35. The number of hydrazine groups is 1. The lowest BCUT2D eigenvalue weighted by Gasteiger charge is -2.34. The maximum Gasteiger partial charge on any atom is 0.253 e. The highest BCUT2D eigenvalue weighted by Crippen LogP contribution is 2.20. The molecule has 1 aromatic carbocycles. The molecule has 134 valence electrons. The lowest BCUT2D eigenvalue weighted by molar-refractivity contribution is -0.134. The van der Waals surface area contributed by atoms with Crippen LogP contribution in [0.3, 0.4) is 0 Å². The SMILES string of the molecule is CN1CCN(c2ccc(NC(=O)CC3C(=O)NN(C)C3=O)cc2)CC1. The fourth-order valence-electron chi connectivity index (χ4n) is 3.04. The number of nitrogens with zero attached hydrogens (tertiary/aromatic N) is 3. The molecule has 2 fully saturated rings. The molecule has 0 spiro atoms. The summed E-state index contributed by atoms with van der Waals surface area (Å²) in [6.45, 7) is 4.03. The van der Waals surface area contributed by atoms with Crippen molar-refractivity contribution in [2.45, 2.75) is 6.42 Å². The highest BCUT2D eigenvalue weighted by atomic mass is 16.2. The van der Waals surface area contributed by atoms with Crippen molar-refractivity contribution in [2.75, 3.05) is 50.5 Å². The minimum Gasteiger partial charge on any atom is -0.369 e. The second-order valence-electron chi connectivity index (χ2n) is 6.52. The molecular formula is C17H23N5O3. The van der Waals surface area contributed by atoms with Gasteiger partial charge < -0.3 is 15.1 Å². The van der Waals surface area contributed by atoms with E-state index < -0.39 is 11.8 Å². The van der Waals surface area contributed by atoms with Crippen LogP contribution in [0.4, 0.5) is 11.4 Å². The summed E-state index contributed by atoms with van der Waals surface area (Å²) in [4.78, 5) is 40.2. The zero-order valence-corrected chi connectivity index (χ0v) is 14.5. The van der Waals surface area contributed by atoms with Gasteiger partial charge in [0.05, 0.1) is 0 Å². The topological polar surface area (TPSA) is 85.0 Å². The average Bonchev–Trinajstić information content (AvgIpc) is 2.83. The monoisotopic (exact) mass is 345 g/mol. The quantitative estimate of drug-likeness (QED) is 0.744. The van der Waals surface area contributed by atoms with Crippen molar-refractivity contribution in [3.8, 4) is 0 Å². The van der Waals surface area contributed by atoms with Crippen LogP contribution in [0.2, 0.25) is 0 Å². The van der Waals surface area contributed by atoms with E-state index in [2.05, 4.69) is 27.6 Å². The Morgan fingerprint density at radius 2 is 1.76 bits per heavy atom. The summed E-state index contributed by atoms with van der Waals surface area (Å²) in [5, 5.41) is 3.86. The van der Waals surface area contributed by atoms with Gasteiger partial charge >= 0.3 is 0 Å². The average molecular weight is 345 g/mol. The summed E-state index contributed by atoms with van der Waals surface area (Å²) in [7, 11) is 3.58. The normalized spacial score (nSPS) is 21.4. The molecule has 2 aliphatic rings. The van der Waals surface area contributed by atoms with Crippen LogP contribution in [0.15, 0.2) is 24.3 Å². The van der Waals surface area contributed by atoms with Gasteiger partial charge in [0, 0.05) is 51.0 Å². The summed E-state index contributed by atoms with van der Waals surface area (Å²) < 4.78 is 0. The summed E-state index contributed by atoms with van der Waals surface area (Å²) in [6.07, 6.45) is -0.158. The maximum absolute atomic E-state index is 12.1. The molecule has 3 amide bonds. The number of amides is 3. The summed E-state index contributed by atoms with van der Waals surface area (Å²) in [5.74, 6) is -2.12. The van der Waals surface area contributed by atoms with Crippen LogP contribution < -0.4 is 15.6 Å². The van der Waals surface area contributed by atoms with Crippen molar-refractivity contribution in [1.82, 2.24) is 15.3 Å². The van der Waals surface area contributed by atoms with Crippen molar-refractivity contribution in [3.05, 3.63) is 24.3 Å². The zero-order chi connectivity index (χ0) is 18.0. The highest BCUT2D eigenvalue weighted by Gasteiger charge is 2.38. The molecule has 1 aromatic rings.